The molecule has 138 valence electrons. The van der Waals surface area contributed by atoms with Gasteiger partial charge in [0.05, 0.1) is 12.2 Å². The van der Waals surface area contributed by atoms with Crippen molar-refractivity contribution in [3.05, 3.63) is 70.9 Å². The third-order valence-electron chi connectivity index (χ3n) is 5.30. The second kappa shape index (κ2) is 7.10. The smallest absolute Gasteiger partial charge is 0.224 e. The molecule has 0 spiro atoms. The van der Waals surface area contributed by atoms with Crippen LogP contribution in [0.4, 0.5) is 0 Å². The second-order valence-electron chi connectivity index (χ2n) is 7.58. The van der Waals surface area contributed by atoms with E-state index in [1.54, 1.807) is 0 Å². The van der Waals surface area contributed by atoms with Crippen LogP contribution in [0.2, 0.25) is 0 Å². The van der Waals surface area contributed by atoms with Crippen LogP contribution in [0.3, 0.4) is 0 Å². The fourth-order valence-electron chi connectivity index (χ4n) is 3.65. The third-order valence-corrected chi connectivity index (χ3v) is 5.30. The molecule has 27 heavy (non-hydrogen) atoms. The Balaban J connectivity index is 1.53. The van der Waals surface area contributed by atoms with E-state index in [1.807, 2.05) is 19.3 Å². The normalized spacial score (nSPS) is 18.4. The molecule has 0 radical (unpaired) electrons. The van der Waals surface area contributed by atoms with Gasteiger partial charge in [0.1, 0.15) is 5.82 Å². The van der Waals surface area contributed by atoms with Gasteiger partial charge < -0.3 is 4.74 Å². The zero-order valence-corrected chi connectivity index (χ0v) is 16.4. The van der Waals surface area contributed by atoms with Gasteiger partial charge in [0.25, 0.3) is 0 Å². The Kier molecular flexibility index (Phi) is 4.65. The SMILES string of the molecule is Cc1ccc([C@H]2C[C@@H]2COc2nc(C)ncc2-c2c(C)cccc2C)nc1. The van der Waals surface area contributed by atoms with Gasteiger partial charge in [-0.2, -0.15) is 4.98 Å². The highest BCUT2D eigenvalue weighted by atomic mass is 16.5. The van der Waals surface area contributed by atoms with Crippen molar-refractivity contribution in [2.24, 2.45) is 5.92 Å². The first-order valence-corrected chi connectivity index (χ1v) is 9.48. The molecule has 0 bridgehead atoms. The number of ether oxygens (including phenoxy) is 1. The lowest BCUT2D eigenvalue weighted by Crippen LogP contribution is -2.06. The summed E-state index contributed by atoms with van der Waals surface area (Å²) in [5.41, 5.74) is 6.92. The predicted octanol–water partition coefficient (Wildman–Crippen LogP) is 4.95. The first kappa shape index (κ1) is 17.7. The second-order valence-corrected chi connectivity index (χ2v) is 7.58. The number of hydrogen-bond donors (Lipinski definition) is 0. The Morgan fingerprint density at radius 2 is 1.74 bits per heavy atom. The molecule has 4 rings (SSSR count). The van der Waals surface area contributed by atoms with Crippen LogP contribution >= 0.6 is 0 Å². The van der Waals surface area contributed by atoms with Crippen LogP contribution in [0.15, 0.2) is 42.7 Å². The molecule has 3 aromatic rings. The molecule has 2 atom stereocenters. The number of nitrogens with zero attached hydrogens (tertiary/aromatic N) is 3. The minimum absolute atomic E-state index is 0.497. The van der Waals surface area contributed by atoms with Gasteiger partial charge in [-0.1, -0.05) is 24.3 Å². The molecule has 0 amide bonds. The van der Waals surface area contributed by atoms with Gasteiger partial charge in [-0.25, -0.2) is 4.98 Å². The predicted molar refractivity (Wildman–Crippen MR) is 107 cm³/mol. The Bertz CT molecular complexity index is 946. The first-order valence-electron chi connectivity index (χ1n) is 9.48. The summed E-state index contributed by atoms with van der Waals surface area (Å²) in [5, 5.41) is 0. The number of aromatic nitrogens is 3. The molecule has 1 aliphatic carbocycles. The molecule has 0 saturated heterocycles. The molecule has 0 N–H and O–H groups in total. The largest absolute Gasteiger partial charge is 0.477 e. The molecular weight excluding hydrogens is 334 g/mol. The lowest BCUT2D eigenvalue weighted by Gasteiger charge is -2.14. The van der Waals surface area contributed by atoms with Crippen LogP contribution < -0.4 is 4.74 Å². The van der Waals surface area contributed by atoms with E-state index < -0.39 is 0 Å². The summed E-state index contributed by atoms with van der Waals surface area (Å²) < 4.78 is 6.20. The average Bonchev–Trinajstić information content (AvgIpc) is 3.41. The van der Waals surface area contributed by atoms with Gasteiger partial charge in [-0.15, -0.1) is 0 Å². The van der Waals surface area contributed by atoms with Crippen LogP contribution in [0, 0.1) is 33.6 Å². The Labute approximate surface area is 160 Å². The summed E-state index contributed by atoms with van der Waals surface area (Å²) >= 11 is 0. The van der Waals surface area contributed by atoms with Crippen LogP contribution in [-0.2, 0) is 0 Å². The molecular formula is C23H25N3O. The number of aryl methyl sites for hydroxylation is 4. The first-order chi connectivity index (χ1) is 13.0. The fraction of sp³-hybridized carbons (Fsp3) is 0.348. The van der Waals surface area contributed by atoms with E-state index >= 15 is 0 Å². The van der Waals surface area contributed by atoms with Crippen LogP contribution in [0.1, 0.15) is 40.5 Å². The minimum Gasteiger partial charge on any atom is -0.477 e. The Hall–Kier alpha value is -2.75. The quantitative estimate of drug-likeness (QED) is 0.646. The number of rotatable bonds is 5. The summed E-state index contributed by atoms with van der Waals surface area (Å²) in [5.74, 6) is 2.41. The van der Waals surface area contributed by atoms with Crippen molar-refractivity contribution in [2.75, 3.05) is 6.61 Å². The summed E-state index contributed by atoms with van der Waals surface area (Å²) in [4.78, 5) is 13.6. The van der Waals surface area contributed by atoms with E-state index in [-0.39, 0.29) is 0 Å². The van der Waals surface area contributed by atoms with Crippen LogP contribution in [-0.4, -0.2) is 21.6 Å². The lowest BCUT2D eigenvalue weighted by atomic mass is 9.97. The van der Waals surface area contributed by atoms with E-state index in [9.17, 15) is 0 Å². The third kappa shape index (κ3) is 3.70. The highest BCUT2D eigenvalue weighted by molar-refractivity contribution is 5.74. The van der Waals surface area contributed by atoms with Crippen molar-refractivity contribution in [1.29, 1.82) is 0 Å². The molecule has 1 aliphatic rings. The molecule has 4 nitrogen and oxygen atoms in total. The van der Waals surface area contributed by atoms with Gasteiger partial charge in [-0.3, -0.25) is 4.98 Å². The molecule has 1 fully saturated rings. The van der Waals surface area contributed by atoms with Crippen molar-refractivity contribution >= 4 is 0 Å². The molecule has 0 unspecified atom stereocenters. The van der Waals surface area contributed by atoms with Crippen molar-refractivity contribution in [2.45, 2.75) is 40.0 Å². The number of benzene rings is 1. The van der Waals surface area contributed by atoms with Crippen molar-refractivity contribution in [3.8, 4) is 17.0 Å². The van der Waals surface area contributed by atoms with Crippen LogP contribution in [0.5, 0.6) is 5.88 Å². The number of pyridine rings is 1. The lowest BCUT2D eigenvalue weighted by molar-refractivity contribution is 0.285. The van der Waals surface area contributed by atoms with Gasteiger partial charge in [0.2, 0.25) is 5.88 Å². The van der Waals surface area contributed by atoms with Crippen molar-refractivity contribution in [3.63, 3.8) is 0 Å². The van der Waals surface area contributed by atoms with E-state index in [1.165, 1.54) is 27.9 Å². The minimum atomic E-state index is 0.497. The average molecular weight is 359 g/mol. The van der Waals surface area contributed by atoms with E-state index in [0.29, 0.717) is 24.3 Å². The fourth-order valence-corrected chi connectivity index (χ4v) is 3.65. The maximum absolute atomic E-state index is 6.20. The standard InChI is InChI=1S/C23H25N3O/c1-14-8-9-21(25-11-14)19-10-18(19)13-27-23-20(12-24-17(4)26-23)22-15(2)6-5-7-16(22)3/h5-9,11-12,18-19H,10,13H2,1-4H3/t18-,19+/m1/s1. The van der Waals surface area contributed by atoms with E-state index in [0.717, 1.165) is 17.8 Å². The van der Waals surface area contributed by atoms with Gasteiger partial charge in [-0.05, 0) is 62.4 Å². The highest BCUT2D eigenvalue weighted by Gasteiger charge is 2.40. The zero-order chi connectivity index (χ0) is 19.0. The van der Waals surface area contributed by atoms with Gasteiger partial charge in [0.15, 0.2) is 0 Å². The van der Waals surface area contributed by atoms with Crippen molar-refractivity contribution < 1.29 is 4.74 Å². The van der Waals surface area contributed by atoms with Crippen LogP contribution in [0.25, 0.3) is 11.1 Å². The van der Waals surface area contributed by atoms with Gasteiger partial charge in [0, 0.05) is 29.9 Å². The molecule has 2 heterocycles. The molecule has 4 heteroatoms. The summed E-state index contributed by atoms with van der Waals surface area (Å²) in [7, 11) is 0. The summed E-state index contributed by atoms with van der Waals surface area (Å²) in [6.07, 6.45) is 4.95. The monoisotopic (exact) mass is 359 g/mol. The summed E-state index contributed by atoms with van der Waals surface area (Å²) in [6, 6.07) is 10.6. The van der Waals surface area contributed by atoms with Gasteiger partial charge >= 0.3 is 0 Å². The maximum Gasteiger partial charge on any atom is 0.224 e. The Morgan fingerprint density at radius 1 is 0.963 bits per heavy atom. The molecule has 1 aromatic carbocycles. The number of hydrogen-bond acceptors (Lipinski definition) is 4. The zero-order valence-electron chi connectivity index (χ0n) is 16.4. The Morgan fingerprint density at radius 3 is 2.44 bits per heavy atom. The topological polar surface area (TPSA) is 47.9 Å². The highest BCUT2D eigenvalue weighted by Crippen LogP contribution is 2.47. The van der Waals surface area contributed by atoms with Crippen molar-refractivity contribution in [1.82, 2.24) is 15.0 Å². The maximum atomic E-state index is 6.20. The van der Waals surface area contributed by atoms with E-state index in [4.69, 9.17) is 4.74 Å². The van der Waals surface area contributed by atoms with E-state index in [2.05, 4.69) is 66.1 Å². The molecule has 2 aromatic heterocycles. The molecule has 0 aliphatic heterocycles. The molecule has 1 saturated carbocycles. The summed E-state index contributed by atoms with van der Waals surface area (Å²) in [6.45, 7) is 8.86.